The molecular formula is C24H27N9O3. The molecule has 4 aromatic heterocycles. The molecule has 1 saturated carbocycles. The standard InChI is InChI=1S/C24H27N9O3/c1-25-20-11-18(29-22-14(12-26-33(20)22)23(34)28-15-7-8-17(15)36-2)27-16-5-3-10-32(24(16)35)21-13-31-9-4-6-19(31)30-21/h3,5,10-13,15,17,25H,4,6-9H2,1-2H3,(H,27,29)(H,28,34)/t15-,17-/m1/s1. The maximum atomic E-state index is 13.3. The molecule has 0 aromatic carbocycles. The van der Waals surface area contributed by atoms with Gasteiger partial charge in [0.2, 0.25) is 0 Å². The number of methoxy groups -OCH3 is 1. The van der Waals surface area contributed by atoms with Gasteiger partial charge in [0.1, 0.15) is 28.7 Å². The predicted molar refractivity (Wildman–Crippen MR) is 133 cm³/mol. The lowest BCUT2D eigenvalue weighted by molar-refractivity contribution is 0.00732. The molecule has 36 heavy (non-hydrogen) atoms. The van der Waals surface area contributed by atoms with Crippen LogP contribution in [0.5, 0.6) is 0 Å². The Kier molecular flexibility index (Phi) is 5.44. The molecular weight excluding hydrogens is 462 g/mol. The average molecular weight is 490 g/mol. The van der Waals surface area contributed by atoms with E-state index >= 15 is 0 Å². The number of aromatic nitrogens is 6. The molecule has 2 aliphatic rings. The Bertz CT molecular complexity index is 1500. The van der Waals surface area contributed by atoms with Gasteiger partial charge >= 0.3 is 0 Å². The Hall–Kier alpha value is -4.19. The number of aryl methyl sites for hydroxylation is 2. The summed E-state index contributed by atoms with van der Waals surface area (Å²) in [5.41, 5.74) is 0.809. The molecule has 0 saturated heterocycles. The summed E-state index contributed by atoms with van der Waals surface area (Å²) in [6, 6.07) is 5.18. The highest BCUT2D eigenvalue weighted by atomic mass is 16.5. The fourth-order valence-electron chi connectivity index (χ4n) is 4.79. The summed E-state index contributed by atoms with van der Waals surface area (Å²) in [7, 11) is 3.40. The van der Waals surface area contributed by atoms with Crippen LogP contribution in [0.1, 0.15) is 35.4 Å². The second-order valence-corrected chi connectivity index (χ2v) is 9.04. The van der Waals surface area contributed by atoms with Gasteiger partial charge in [-0.3, -0.25) is 14.2 Å². The van der Waals surface area contributed by atoms with E-state index in [0.717, 1.165) is 38.1 Å². The van der Waals surface area contributed by atoms with Crippen molar-refractivity contribution < 1.29 is 9.53 Å². The van der Waals surface area contributed by atoms with Crippen LogP contribution >= 0.6 is 0 Å². The quantitative estimate of drug-likeness (QED) is 0.358. The number of hydrogen-bond donors (Lipinski definition) is 3. The van der Waals surface area contributed by atoms with Gasteiger partial charge in [-0.2, -0.15) is 9.61 Å². The zero-order chi connectivity index (χ0) is 24.8. The van der Waals surface area contributed by atoms with Crippen molar-refractivity contribution >= 4 is 28.9 Å². The number of imidazole rings is 1. The number of fused-ring (bicyclic) bond motifs is 2. The number of carbonyl (C=O) groups is 1. The van der Waals surface area contributed by atoms with Crippen molar-refractivity contribution in [3.8, 4) is 5.82 Å². The molecule has 6 rings (SSSR count). The van der Waals surface area contributed by atoms with Crippen LogP contribution in [0.4, 0.5) is 17.3 Å². The topological polar surface area (TPSA) is 132 Å². The van der Waals surface area contributed by atoms with Crippen molar-refractivity contribution in [3.05, 3.63) is 58.5 Å². The number of nitrogens with one attached hydrogen (secondary N) is 3. The molecule has 1 aliphatic heterocycles. The van der Waals surface area contributed by atoms with E-state index in [1.165, 1.54) is 10.8 Å². The first kappa shape index (κ1) is 22.3. The van der Waals surface area contributed by atoms with Crippen molar-refractivity contribution in [1.29, 1.82) is 0 Å². The van der Waals surface area contributed by atoms with Crippen LogP contribution in [0.2, 0.25) is 0 Å². The fraction of sp³-hybridized carbons (Fsp3) is 0.375. The first-order valence-electron chi connectivity index (χ1n) is 12.0. The SMILES string of the molecule is CNc1cc(Nc2cccn(-c3cn4c(n3)CCC4)c2=O)nc2c(C(=O)N[C@@H]3CC[C@H]3OC)cnn12. The average Bonchev–Trinajstić information content (AvgIpc) is 3.58. The summed E-state index contributed by atoms with van der Waals surface area (Å²) in [6.07, 6.45) is 8.90. The van der Waals surface area contributed by atoms with Crippen molar-refractivity contribution in [2.45, 2.75) is 44.4 Å². The zero-order valence-electron chi connectivity index (χ0n) is 20.1. The molecule has 0 bridgehead atoms. The second kappa shape index (κ2) is 8.79. The first-order chi connectivity index (χ1) is 17.6. The minimum Gasteiger partial charge on any atom is -0.379 e. The van der Waals surface area contributed by atoms with Crippen LogP contribution < -0.4 is 21.5 Å². The molecule has 5 heterocycles. The van der Waals surface area contributed by atoms with Crippen molar-refractivity contribution in [2.24, 2.45) is 0 Å². The molecule has 186 valence electrons. The van der Waals surface area contributed by atoms with E-state index in [0.29, 0.717) is 34.4 Å². The summed E-state index contributed by atoms with van der Waals surface area (Å²) in [5.74, 6) is 2.34. The number of rotatable bonds is 7. The van der Waals surface area contributed by atoms with E-state index in [1.807, 2.05) is 6.20 Å². The van der Waals surface area contributed by atoms with Gasteiger partial charge in [-0.25, -0.2) is 9.97 Å². The van der Waals surface area contributed by atoms with Crippen LogP contribution in [0, 0.1) is 0 Å². The molecule has 0 unspecified atom stereocenters. The molecule has 2 atom stereocenters. The molecule has 0 spiro atoms. The third-order valence-electron chi connectivity index (χ3n) is 6.91. The molecule has 12 nitrogen and oxygen atoms in total. The van der Waals surface area contributed by atoms with Gasteiger partial charge in [0.25, 0.3) is 11.5 Å². The highest BCUT2D eigenvalue weighted by Crippen LogP contribution is 2.25. The monoisotopic (exact) mass is 489 g/mol. The van der Waals surface area contributed by atoms with E-state index in [-0.39, 0.29) is 23.6 Å². The molecule has 1 amide bonds. The maximum Gasteiger partial charge on any atom is 0.280 e. The Morgan fingerprint density at radius 3 is 2.89 bits per heavy atom. The number of hydrogen-bond acceptors (Lipinski definition) is 8. The third-order valence-corrected chi connectivity index (χ3v) is 6.91. The van der Waals surface area contributed by atoms with Gasteiger partial charge in [0.15, 0.2) is 11.5 Å². The van der Waals surface area contributed by atoms with Crippen LogP contribution in [0.15, 0.2) is 41.6 Å². The van der Waals surface area contributed by atoms with Crippen LogP contribution in [0.25, 0.3) is 11.5 Å². The number of amides is 1. The largest absolute Gasteiger partial charge is 0.379 e. The number of ether oxygens (including phenoxy) is 1. The molecule has 1 fully saturated rings. The third kappa shape index (κ3) is 3.70. The highest BCUT2D eigenvalue weighted by Gasteiger charge is 2.33. The van der Waals surface area contributed by atoms with E-state index in [2.05, 4.69) is 35.6 Å². The Morgan fingerprint density at radius 2 is 2.14 bits per heavy atom. The zero-order valence-corrected chi connectivity index (χ0v) is 20.1. The lowest BCUT2D eigenvalue weighted by Crippen LogP contribution is -2.51. The minimum absolute atomic E-state index is 0.0191. The van der Waals surface area contributed by atoms with Gasteiger partial charge in [-0.1, -0.05) is 0 Å². The number of pyridine rings is 1. The normalized spacial score (nSPS) is 18.6. The van der Waals surface area contributed by atoms with Gasteiger partial charge < -0.3 is 25.3 Å². The highest BCUT2D eigenvalue weighted by molar-refractivity contribution is 6.00. The van der Waals surface area contributed by atoms with Crippen molar-refractivity contribution in [2.75, 3.05) is 24.8 Å². The van der Waals surface area contributed by atoms with Crippen LogP contribution in [-0.4, -0.2) is 60.9 Å². The summed E-state index contributed by atoms with van der Waals surface area (Å²) >= 11 is 0. The van der Waals surface area contributed by atoms with Crippen molar-refractivity contribution in [3.63, 3.8) is 0 Å². The van der Waals surface area contributed by atoms with Gasteiger partial charge in [-0.15, -0.1) is 0 Å². The number of carbonyl (C=O) groups excluding carboxylic acids is 1. The lowest BCUT2D eigenvalue weighted by Gasteiger charge is -2.35. The summed E-state index contributed by atoms with van der Waals surface area (Å²) in [5, 5.41) is 13.5. The van der Waals surface area contributed by atoms with E-state index in [1.54, 1.807) is 43.1 Å². The van der Waals surface area contributed by atoms with E-state index < -0.39 is 0 Å². The molecule has 3 N–H and O–H groups in total. The predicted octanol–water partition coefficient (Wildman–Crippen LogP) is 1.72. The van der Waals surface area contributed by atoms with Gasteiger partial charge in [0, 0.05) is 45.6 Å². The van der Waals surface area contributed by atoms with Crippen LogP contribution in [-0.2, 0) is 17.7 Å². The molecule has 12 heteroatoms. The lowest BCUT2D eigenvalue weighted by atomic mass is 9.89. The van der Waals surface area contributed by atoms with E-state index in [9.17, 15) is 9.59 Å². The summed E-state index contributed by atoms with van der Waals surface area (Å²) < 4.78 is 10.6. The fourth-order valence-corrected chi connectivity index (χ4v) is 4.79. The van der Waals surface area contributed by atoms with Gasteiger partial charge in [-0.05, 0) is 31.4 Å². The number of nitrogens with zero attached hydrogens (tertiary/aromatic N) is 6. The van der Waals surface area contributed by atoms with Crippen molar-refractivity contribution in [1.82, 2.24) is 34.0 Å². The smallest absolute Gasteiger partial charge is 0.280 e. The van der Waals surface area contributed by atoms with Crippen LogP contribution in [0.3, 0.4) is 0 Å². The summed E-state index contributed by atoms with van der Waals surface area (Å²) in [4.78, 5) is 35.5. The minimum atomic E-state index is -0.265. The molecule has 1 aliphatic carbocycles. The van der Waals surface area contributed by atoms with Gasteiger partial charge in [0.05, 0.1) is 18.3 Å². The second-order valence-electron chi connectivity index (χ2n) is 9.04. The Balaban J connectivity index is 1.32. The first-order valence-corrected chi connectivity index (χ1v) is 12.0. The maximum absolute atomic E-state index is 13.3. The summed E-state index contributed by atoms with van der Waals surface area (Å²) in [6.45, 7) is 0.917. The molecule has 4 aromatic rings. The molecule has 0 radical (unpaired) electrons. The number of anilines is 3. The Morgan fingerprint density at radius 1 is 1.25 bits per heavy atom. The van der Waals surface area contributed by atoms with E-state index in [4.69, 9.17) is 4.74 Å². The Labute approximate surface area is 206 Å².